The quantitative estimate of drug-likeness (QED) is 0.818. The van der Waals surface area contributed by atoms with Gasteiger partial charge in [0.2, 0.25) is 0 Å². The molecule has 96 valence electrons. The zero-order valence-corrected chi connectivity index (χ0v) is 10.8. The van der Waals surface area contributed by atoms with Crippen LogP contribution in [0.4, 0.5) is 0 Å². The van der Waals surface area contributed by atoms with E-state index in [1.54, 1.807) is 24.3 Å². The van der Waals surface area contributed by atoms with Gasteiger partial charge in [0.1, 0.15) is 0 Å². The van der Waals surface area contributed by atoms with Gasteiger partial charge in [0, 0.05) is 24.0 Å². The molecule has 20 heavy (non-hydrogen) atoms. The van der Waals surface area contributed by atoms with Crippen LogP contribution in [0.15, 0.2) is 48.6 Å². The lowest BCUT2D eigenvalue weighted by Crippen LogP contribution is -2.06. The molecule has 2 nitrogen and oxygen atoms in total. The average Bonchev–Trinajstić information content (AvgIpc) is 2.48. The third-order valence-corrected chi connectivity index (χ3v) is 3.30. The summed E-state index contributed by atoms with van der Waals surface area (Å²) in [6, 6.07) is 7.45. The molecule has 3 rings (SSSR count). The molecule has 0 saturated heterocycles. The lowest BCUT2D eigenvalue weighted by Gasteiger charge is -2.12. The van der Waals surface area contributed by atoms with Gasteiger partial charge in [-0.05, 0) is 29.3 Å². The zero-order valence-electron chi connectivity index (χ0n) is 10.8. The van der Waals surface area contributed by atoms with E-state index < -0.39 is 0 Å². The Balaban J connectivity index is 2.02. The van der Waals surface area contributed by atoms with Crippen LogP contribution in [-0.2, 0) is 9.59 Å². The molecule has 0 bridgehead atoms. The van der Waals surface area contributed by atoms with Gasteiger partial charge in [0.05, 0.1) is 0 Å². The second kappa shape index (κ2) is 5.25. The minimum absolute atomic E-state index is 0.0532. The van der Waals surface area contributed by atoms with Crippen LogP contribution in [0.2, 0.25) is 0 Å². The number of benzene rings is 1. The molecule has 0 spiro atoms. The molecular formula is C18H12O2. The van der Waals surface area contributed by atoms with E-state index in [1.807, 2.05) is 24.3 Å². The van der Waals surface area contributed by atoms with E-state index in [1.165, 1.54) is 0 Å². The van der Waals surface area contributed by atoms with Crippen molar-refractivity contribution in [2.24, 2.45) is 0 Å². The van der Waals surface area contributed by atoms with Crippen molar-refractivity contribution in [3.63, 3.8) is 0 Å². The monoisotopic (exact) mass is 260 g/mol. The number of ketones is 2. The number of allylic oxidation sites excluding steroid dienone is 8. The van der Waals surface area contributed by atoms with Crippen LogP contribution in [-0.4, -0.2) is 11.6 Å². The van der Waals surface area contributed by atoms with Crippen LogP contribution < -0.4 is 0 Å². The molecule has 2 aliphatic carbocycles. The smallest absolute Gasteiger partial charge is 0.167 e. The summed E-state index contributed by atoms with van der Waals surface area (Å²) < 4.78 is 0. The molecule has 0 saturated carbocycles. The lowest BCUT2D eigenvalue weighted by atomic mass is 9.91. The van der Waals surface area contributed by atoms with Gasteiger partial charge in [-0.15, -0.1) is 0 Å². The Hall–Kier alpha value is -2.48. The fourth-order valence-corrected chi connectivity index (χ4v) is 2.30. The maximum absolute atomic E-state index is 11.9. The normalized spacial score (nSPS) is 18.0. The van der Waals surface area contributed by atoms with Crippen molar-refractivity contribution in [3.8, 4) is 0 Å². The van der Waals surface area contributed by atoms with Crippen LogP contribution in [0.25, 0.3) is 11.1 Å². The number of hydrogen-bond donors (Lipinski definition) is 0. The first-order valence-electron chi connectivity index (χ1n) is 6.50. The van der Waals surface area contributed by atoms with Gasteiger partial charge in [-0.25, -0.2) is 0 Å². The Morgan fingerprint density at radius 2 is 1.30 bits per heavy atom. The SMILES string of the molecule is O=C1CC=C[C]=C1c1cccc(C2=[C]C=CCC2=O)c1. The summed E-state index contributed by atoms with van der Waals surface area (Å²) >= 11 is 0. The third-order valence-electron chi connectivity index (χ3n) is 3.30. The molecular weight excluding hydrogens is 248 g/mol. The first kappa shape index (κ1) is 12.5. The predicted octanol–water partition coefficient (Wildman–Crippen LogP) is 3.12. The Morgan fingerprint density at radius 3 is 1.75 bits per heavy atom. The molecule has 0 unspecified atom stereocenters. The molecule has 2 heteroatoms. The van der Waals surface area contributed by atoms with Crippen molar-refractivity contribution in [1.82, 2.24) is 0 Å². The summed E-state index contributed by atoms with van der Waals surface area (Å²) in [6.45, 7) is 0. The molecule has 2 radical (unpaired) electrons. The number of rotatable bonds is 2. The van der Waals surface area contributed by atoms with E-state index in [0.717, 1.165) is 11.1 Å². The Morgan fingerprint density at radius 1 is 0.800 bits per heavy atom. The highest BCUT2D eigenvalue weighted by Gasteiger charge is 2.17. The summed E-state index contributed by atoms with van der Waals surface area (Å²) in [4.78, 5) is 23.8. The number of Topliss-reactive ketones (excluding diaryl/α,β-unsaturated/α-hetero) is 2. The number of carbonyl (C=O) groups is 2. The van der Waals surface area contributed by atoms with E-state index >= 15 is 0 Å². The average molecular weight is 260 g/mol. The van der Waals surface area contributed by atoms with Gasteiger partial charge in [-0.1, -0.05) is 42.5 Å². The van der Waals surface area contributed by atoms with Gasteiger partial charge < -0.3 is 0 Å². The van der Waals surface area contributed by atoms with Gasteiger partial charge in [0.15, 0.2) is 11.6 Å². The topological polar surface area (TPSA) is 34.1 Å². The molecule has 0 atom stereocenters. The first-order valence-corrected chi connectivity index (χ1v) is 6.50. The van der Waals surface area contributed by atoms with E-state index in [9.17, 15) is 9.59 Å². The summed E-state index contributed by atoms with van der Waals surface area (Å²) in [5.41, 5.74) is 2.75. The van der Waals surface area contributed by atoms with E-state index in [0.29, 0.717) is 24.0 Å². The molecule has 2 aliphatic rings. The van der Waals surface area contributed by atoms with Crippen LogP contribution in [0, 0.1) is 12.2 Å². The molecule has 1 aromatic rings. The van der Waals surface area contributed by atoms with Crippen LogP contribution in [0.1, 0.15) is 24.0 Å². The highest BCUT2D eigenvalue weighted by molar-refractivity contribution is 6.23. The maximum atomic E-state index is 11.9. The maximum Gasteiger partial charge on any atom is 0.167 e. The van der Waals surface area contributed by atoms with Crippen LogP contribution in [0.5, 0.6) is 0 Å². The minimum atomic E-state index is 0.0532. The molecule has 1 aromatic carbocycles. The highest BCUT2D eigenvalue weighted by Crippen LogP contribution is 2.25. The van der Waals surface area contributed by atoms with Gasteiger partial charge in [-0.2, -0.15) is 0 Å². The highest BCUT2D eigenvalue weighted by atomic mass is 16.1. The predicted molar refractivity (Wildman–Crippen MR) is 77.3 cm³/mol. The second-order valence-electron chi connectivity index (χ2n) is 4.68. The van der Waals surface area contributed by atoms with Crippen molar-refractivity contribution in [3.05, 3.63) is 71.8 Å². The summed E-state index contributed by atoms with van der Waals surface area (Å²) in [5.74, 6) is 0.106. The fraction of sp³-hybridized carbons (Fsp3) is 0.111. The van der Waals surface area contributed by atoms with E-state index in [-0.39, 0.29) is 11.6 Å². The Bertz CT molecular complexity index is 643. The Labute approximate surface area is 117 Å². The Kier molecular flexibility index (Phi) is 3.30. The first-order chi connectivity index (χ1) is 9.75. The van der Waals surface area contributed by atoms with Gasteiger partial charge in [-0.3, -0.25) is 9.59 Å². The summed E-state index contributed by atoms with van der Waals surface area (Å²) in [5, 5.41) is 0. The summed E-state index contributed by atoms with van der Waals surface area (Å²) in [6.07, 6.45) is 13.9. The van der Waals surface area contributed by atoms with Crippen molar-refractivity contribution in [2.75, 3.05) is 0 Å². The van der Waals surface area contributed by atoms with Crippen molar-refractivity contribution >= 4 is 22.7 Å². The number of carbonyl (C=O) groups excluding carboxylic acids is 2. The second-order valence-corrected chi connectivity index (χ2v) is 4.68. The number of hydrogen-bond acceptors (Lipinski definition) is 2. The molecule has 0 heterocycles. The van der Waals surface area contributed by atoms with Gasteiger partial charge in [0.25, 0.3) is 0 Å². The zero-order chi connectivity index (χ0) is 13.9. The van der Waals surface area contributed by atoms with Crippen molar-refractivity contribution < 1.29 is 9.59 Å². The fourth-order valence-electron chi connectivity index (χ4n) is 2.30. The van der Waals surface area contributed by atoms with Crippen molar-refractivity contribution in [2.45, 2.75) is 12.8 Å². The molecule has 0 aromatic heterocycles. The van der Waals surface area contributed by atoms with E-state index in [4.69, 9.17) is 0 Å². The van der Waals surface area contributed by atoms with Crippen LogP contribution in [0.3, 0.4) is 0 Å². The molecule has 0 aliphatic heterocycles. The lowest BCUT2D eigenvalue weighted by molar-refractivity contribution is -0.113. The summed E-state index contributed by atoms with van der Waals surface area (Å²) in [7, 11) is 0. The van der Waals surface area contributed by atoms with Crippen LogP contribution >= 0.6 is 0 Å². The van der Waals surface area contributed by atoms with Crippen molar-refractivity contribution in [1.29, 1.82) is 0 Å². The van der Waals surface area contributed by atoms with Gasteiger partial charge >= 0.3 is 0 Å². The third kappa shape index (κ3) is 2.32. The standard InChI is InChI=1S/C18H12O2/c19-17-10-3-1-8-15(17)13-6-5-7-14(12-13)16-9-2-4-11-18(16)20/h1-7,12H,10-11H2. The largest absolute Gasteiger partial charge is 0.294 e. The van der Waals surface area contributed by atoms with E-state index in [2.05, 4.69) is 12.2 Å². The minimum Gasteiger partial charge on any atom is -0.294 e. The molecule has 0 fully saturated rings. The molecule has 0 N–H and O–H groups in total. The molecule has 0 amide bonds.